The first kappa shape index (κ1) is 13.1. The standard InChI is InChI=1S/C11H13NO5/c1-7(14)8(2)17-11-4-3-9(6-13)5-10(11)12(15)16/h3-8,14H,1-2H3. The predicted molar refractivity (Wildman–Crippen MR) is 60.3 cm³/mol. The first-order valence-electron chi connectivity index (χ1n) is 5.04. The largest absolute Gasteiger partial charge is 0.481 e. The average molecular weight is 239 g/mol. The number of benzene rings is 1. The highest BCUT2D eigenvalue weighted by molar-refractivity contribution is 5.77. The number of aldehydes is 1. The Bertz CT molecular complexity index is 430. The number of carbonyl (C=O) groups is 1. The molecule has 6 nitrogen and oxygen atoms in total. The van der Waals surface area contributed by atoms with Crippen molar-refractivity contribution in [2.75, 3.05) is 0 Å². The van der Waals surface area contributed by atoms with Gasteiger partial charge in [0.25, 0.3) is 0 Å². The molecule has 1 aromatic rings. The number of hydrogen-bond acceptors (Lipinski definition) is 5. The van der Waals surface area contributed by atoms with Crippen LogP contribution in [0, 0.1) is 10.1 Å². The molecular weight excluding hydrogens is 226 g/mol. The highest BCUT2D eigenvalue weighted by atomic mass is 16.6. The van der Waals surface area contributed by atoms with Crippen LogP contribution in [-0.2, 0) is 0 Å². The summed E-state index contributed by atoms with van der Waals surface area (Å²) in [5.74, 6) is 0.0361. The molecule has 0 heterocycles. The van der Waals surface area contributed by atoms with Crippen molar-refractivity contribution in [3.05, 3.63) is 33.9 Å². The van der Waals surface area contributed by atoms with Crippen LogP contribution in [0.15, 0.2) is 18.2 Å². The Hall–Kier alpha value is -1.95. The minimum atomic E-state index is -0.750. The van der Waals surface area contributed by atoms with Crippen LogP contribution in [0.3, 0.4) is 0 Å². The fourth-order valence-corrected chi connectivity index (χ4v) is 1.15. The number of aliphatic hydroxyl groups is 1. The maximum atomic E-state index is 10.8. The van der Waals surface area contributed by atoms with Crippen molar-refractivity contribution in [3.8, 4) is 5.75 Å². The van der Waals surface area contributed by atoms with E-state index in [1.54, 1.807) is 6.92 Å². The van der Waals surface area contributed by atoms with Crippen LogP contribution in [0.2, 0.25) is 0 Å². The zero-order valence-corrected chi connectivity index (χ0v) is 9.49. The molecule has 2 atom stereocenters. The van der Waals surface area contributed by atoms with Gasteiger partial charge in [-0.3, -0.25) is 14.9 Å². The minimum Gasteiger partial charge on any atom is -0.481 e. The van der Waals surface area contributed by atoms with E-state index in [9.17, 15) is 20.0 Å². The molecule has 6 heteroatoms. The summed E-state index contributed by atoms with van der Waals surface area (Å²) in [5.41, 5.74) is -0.0872. The van der Waals surface area contributed by atoms with Crippen molar-refractivity contribution in [2.45, 2.75) is 26.1 Å². The summed E-state index contributed by atoms with van der Waals surface area (Å²) in [6.07, 6.45) is -0.800. The van der Waals surface area contributed by atoms with Gasteiger partial charge >= 0.3 is 5.69 Å². The van der Waals surface area contributed by atoms with E-state index in [1.807, 2.05) is 0 Å². The Kier molecular flexibility index (Phi) is 4.17. The topological polar surface area (TPSA) is 89.7 Å². The normalized spacial score (nSPS) is 13.8. The van der Waals surface area contributed by atoms with Crippen LogP contribution in [0.1, 0.15) is 24.2 Å². The van der Waals surface area contributed by atoms with Crippen molar-refractivity contribution >= 4 is 12.0 Å². The lowest BCUT2D eigenvalue weighted by Gasteiger charge is -2.17. The summed E-state index contributed by atoms with van der Waals surface area (Å²) in [6.45, 7) is 3.12. The zero-order valence-electron chi connectivity index (χ0n) is 9.49. The van der Waals surface area contributed by atoms with Gasteiger partial charge < -0.3 is 9.84 Å². The molecule has 0 radical (unpaired) electrons. The predicted octanol–water partition coefficient (Wildman–Crippen LogP) is 1.56. The average Bonchev–Trinajstić information content (AvgIpc) is 2.29. The highest BCUT2D eigenvalue weighted by Crippen LogP contribution is 2.28. The van der Waals surface area contributed by atoms with Crippen molar-refractivity contribution < 1.29 is 19.6 Å². The Labute approximate surface area is 98.0 Å². The number of rotatable bonds is 5. The molecular formula is C11H13NO5. The summed E-state index contributed by atoms with van der Waals surface area (Å²) >= 11 is 0. The van der Waals surface area contributed by atoms with E-state index < -0.39 is 17.1 Å². The van der Waals surface area contributed by atoms with E-state index in [2.05, 4.69) is 0 Å². The third kappa shape index (κ3) is 3.25. The molecule has 0 spiro atoms. The van der Waals surface area contributed by atoms with Crippen LogP contribution >= 0.6 is 0 Å². The van der Waals surface area contributed by atoms with Crippen molar-refractivity contribution in [2.24, 2.45) is 0 Å². The van der Waals surface area contributed by atoms with Gasteiger partial charge in [0, 0.05) is 11.6 Å². The van der Waals surface area contributed by atoms with Crippen LogP contribution in [0.25, 0.3) is 0 Å². The third-order valence-corrected chi connectivity index (χ3v) is 2.31. The molecule has 0 bridgehead atoms. The SMILES string of the molecule is CC(O)C(C)Oc1ccc(C=O)cc1[N+](=O)[O-]. The number of nitro groups is 1. The number of nitro benzene ring substituents is 1. The van der Waals surface area contributed by atoms with Gasteiger partial charge in [-0.15, -0.1) is 0 Å². The smallest absolute Gasteiger partial charge is 0.311 e. The zero-order chi connectivity index (χ0) is 13.0. The van der Waals surface area contributed by atoms with Crippen molar-refractivity contribution in [3.63, 3.8) is 0 Å². The molecule has 0 amide bonds. The molecule has 1 aromatic carbocycles. The highest BCUT2D eigenvalue weighted by Gasteiger charge is 2.19. The number of ether oxygens (including phenoxy) is 1. The number of hydrogen-bond donors (Lipinski definition) is 1. The van der Waals surface area contributed by atoms with Gasteiger partial charge in [0.1, 0.15) is 12.4 Å². The van der Waals surface area contributed by atoms with E-state index in [-0.39, 0.29) is 17.0 Å². The Morgan fingerprint density at radius 2 is 2.12 bits per heavy atom. The summed E-state index contributed by atoms with van der Waals surface area (Å²) in [5, 5.41) is 20.0. The van der Waals surface area contributed by atoms with Gasteiger partial charge in [-0.05, 0) is 26.0 Å². The van der Waals surface area contributed by atoms with E-state index >= 15 is 0 Å². The maximum absolute atomic E-state index is 10.8. The molecule has 1 N–H and O–H groups in total. The number of nitrogens with zero attached hydrogens (tertiary/aromatic N) is 1. The van der Waals surface area contributed by atoms with Gasteiger partial charge in [-0.25, -0.2) is 0 Å². The molecule has 0 fully saturated rings. The fraction of sp³-hybridized carbons (Fsp3) is 0.364. The Morgan fingerprint density at radius 3 is 2.59 bits per heavy atom. The third-order valence-electron chi connectivity index (χ3n) is 2.31. The second kappa shape index (κ2) is 5.40. The Morgan fingerprint density at radius 1 is 1.47 bits per heavy atom. The summed E-state index contributed by atoms with van der Waals surface area (Å²) in [4.78, 5) is 20.7. The molecule has 0 aromatic heterocycles. The van der Waals surface area contributed by atoms with Crippen LogP contribution in [0.4, 0.5) is 5.69 Å². The van der Waals surface area contributed by atoms with Gasteiger partial charge in [0.2, 0.25) is 0 Å². The van der Waals surface area contributed by atoms with Crippen LogP contribution in [0.5, 0.6) is 5.75 Å². The monoisotopic (exact) mass is 239 g/mol. The first-order valence-corrected chi connectivity index (χ1v) is 5.04. The number of carbonyl (C=O) groups excluding carboxylic acids is 1. The van der Waals surface area contributed by atoms with E-state index in [4.69, 9.17) is 4.74 Å². The van der Waals surface area contributed by atoms with Gasteiger partial charge in [0.05, 0.1) is 11.0 Å². The first-order chi connectivity index (χ1) is 7.95. The molecule has 0 saturated carbocycles. The molecule has 0 aliphatic rings. The summed E-state index contributed by atoms with van der Waals surface area (Å²) in [6, 6.07) is 3.90. The lowest BCUT2D eigenvalue weighted by atomic mass is 10.2. The van der Waals surface area contributed by atoms with Gasteiger partial charge in [0.15, 0.2) is 5.75 Å². The Balaban J connectivity index is 3.06. The second-order valence-electron chi connectivity index (χ2n) is 3.67. The lowest BCUT2D eigenvalue weighted by Crippen LogP contribution is -2.25. The minimum absolute atomic E-state index is 0.0361. The van der Waals surface area contributed by atoms with Gasteiger partial charge in [-0.1, -0.05) is 0 Å². The van der Waals surface area contributed by atoms with E-state index in [0.29, 0.717) is 6.29 Å². The van der Waals surface area contributed by atoms with E-state index in [1.165, 1.54) is 19.1 Å². The lowest BCUT2D eigenvalue weighted by molar-refractivity contribution is -0.386. The fourth-order valence-electron chi connectivity index (χ4n) is 1.15. The quantitative estimate of drug-likeness (QED) is 0.478. The maximum Gasteiger partial charge on any atom is 0.311 e. The molecule has 17 heavy (non-hydrogen) atoms. The van der Waals surface area contributed by atoms with Crippen LogP contribution < -0.4 is 4.74 Å². The van der Waals surface area contributed by atoms with E-state index in [0.717, 1.165) is 6.07 Å². The molecule has 0 aliphatic heterocycles. The molecule has 1 rings (SSSR count). The summed E-state index contributed by atoms with van der Waals surface area (Å²) in [7, 11) is 0. The molecule has 92 valence electrons. The molecule has 0 aliphatic carbocycles. The van der Waals surface area contributed by atoms with Crippen molar-refractivity contribution in [1.82, 2.24) is 0 Å². The number of aliphatic hydroxyl groups excluding tert-OH is 1. The second-order valence-corrected chi connectivity index (χ2v) is 3.67. The van der Waals surface area contributed by atoms with Gasteiger partial charge in [-0.2, -0.15) is 0 Å². The molecule has 0 saturated heterocycles. The van der Waals surface area contributed by atoms with Crippen LogP contribution in [-0.4, -0.2) is 28.5 Å². The van der Waals surface area contributed by atoms with Crippen molar-refractivity contribution in [1.29, 1.82) is 0 Å². The molecule has 2 unspecified atom stereocenters. The summed E-state index contributed by atoms with van der Waals surface area (Å²) < 4.78 is 5.26.